The summed E-state index contributed by atoms with van der Waals surface area (Å²) in [4.78, 5) is 11.0. The first-order valence-electron chi connectivity index (χ1n) is 5.16. The van der Waals surface area contributed by atoms with Crippen molar-refractivity contribution < 1.29 is 19.4 Å². The summed E-state index contributed by atoms with van der Waals surface area (Å²) < 4.78 is 9.64. The first-order chi connectivity index (χ1) is 7.10. The number of aliphatic hydroxyl groups is 1. The summed E-state index contributed by atoms with van der Waals surface area (Å²) >= 11 is 0. The number of hydrogen-bond donors (Lipinski definition) is 2. The molecule has 2 atom stereocenters. The highest BCUT2D eigenvalue weighted by Gasteiger charge is 2.12. The number of methoxy groups -OCH3 is 1. The Kier molecular flexibility index (Phi) is 8.27. The van der Waals surface area contributed by atoms with Crippen molar-refractivity contribution in [1.29, 1.82) is 0 Å². The Bertz CT molecular complexity index is 175. The summed E-state index contributed by atoms with van der Waals surface area (Å²) in [5.74, 6) is -0.369. The molecule has 0 bridgehead atoms. The van der Waals surface area contributed by atoms with Crippen LogP contribution in [-0.2, 0) is 14.3 Å². The molecule has 2 unspecified atom stereocenters. The summed E-state index contributed by atoms with van der Waals surface area (Å²) in [7, 11) is 1.62. The van der Waals surface area contributed by atoms with Gasteiger partial charge in [0.05, 0.1) is 25.7 Å². The minimum Gasteiger partial charge on any atom is -0.466 e. The van der Waals surface area contributed by atoms with Gasteiger partial charge < -0.3 is 19.9 Å². The number of rotatable bonds is 8. The van der Waals surface area contributed by atoms with Crippen molar-refractivity contribution in [2.75, 3.05) is 26.9 Å². The van der Waals surface area contributed by atoms with Crippen LogP contribution in [0.3, 0.4) is 0 Å². The third kappa shape index (κ3) is 8.35. The highest BCUT2D eigenvalue weighted by Crippen LogP contribution is 1.94. The molecule has 15 heavy (non-hydrogen) atoms. The summed E-state index contributed by atoms with van der Waals surface area (Å²) in [6.45, 7) is 4.97. The van der Waals surface area contributed by atoms with Crippen LogP contribution in [0, 0.1) is 0 Å². The van der Waals surface area contributed by atoms with Crippen LogP contribution in [-0.4, -0.2) is 50.1 Å². The summed E-state index contributed by atoms with van der Waals surface area (Å²) in [6.07, 6.45) is -0.677. The third-order valence-corrected chi connectivity index (χ3v) is 1.83. The SMILES string of the molecule is CCOC(=O)CC(O)CNC(C)COC. The van der Waals surface area contributed by atoms with Crippen molar-refractivity contribution in [2.45, 2.75) is 32.4 Å². The first-order valence-corrected chi connectivity index (χ1v) is 5.16. The first kappa shape index (κ1) is 14.3. The van der Waals surface area contributed by atoms with Gasteiger partial charge in [0.15, 0.2) is 0 Å². The van der Waals surface area contributed by atoms with E-state index in [4.69, 9.17) is 9.47 Å². The second-order valence-corrected chi connectivity index (χ2v) is 3.43. The number of hydrogen-bond acceptors (Lipinski definition) is 5. The Morgan fingerprint density at radius 3 is 2.73 bits per heavy atom. The monoisotopic (exact) mass is 219 g/mol. The maximum absolute atomic E-state index is 11.0. The van der Waals surface area contributed by atoms with Crippen molar-refractivity contribution in [3.05, 3.63) is 0 Å². The van der Waals surface area contributed by atoms with Gasteiger partial charge in [-0.2, -0.15) is 0 Å². The molecular formula is C10H21NO4. The van der Waals surface area contributed by atoms with Gasteiger partial charge in [0.1, 0.15) is 0 Å². The van der Waals surface area contributed by atoms with Crippen molar-refractivity contribution in [1.82, 2.24) is 5.32 Å². The van der Waals surface area contributed by atoms with Crippen molar-refractivity contribution in [2.24, 2.45) is 0 Å². The number of carbonyl (C=O) groups is 1. The molecule has 5 heteroatoms. The molecule has 0 amide bonds. The molecule has 0 rings (SSSR count). The van der Waals surface area contributed by atoms with Gasteiger partial charge in [-0.1, -0.05) is 0 Å². The van der Waals surface area contributed by atoms with Crippen LogP contribution in [0.15, 0.2) is 0 Å². The van der Waals surface area contributed by atoms with E-state index in [1.54, 1.807) is 14.0 Å². The Labute approximate surface area is 90.8 Å². The fourth-order valence-electron chi connectivity index (χ4n) is 1.13. The van der Waals surface area contributed by atoms with E-state index < -0.39 is 6.10 Å². The lowest BCUT2D eigenvalue weighted by molar-refractivity contribution is -0.145. The normalized spacial score (nSPS) is 14.7. The molecule has 0 aromatic rings. The van der Waals surface area contributed by atoms with Gasteiger partial charge in [0, 0.05) is 19.7 Å². The molecule has 0 aliphatic heterocycles. The van der Waals surface area contributed by atoms with Crippen LogP contribution in [0.5, 0.6) is 0 Å². The molecule has 0 fully saturated rings. The zero-order valence-electron chi connectivity index (χ0n) is 9.66. The number of aliphatic hydroxyl groups excluding tert-OH is 1. The zero-order chi connectivity index (χ0) is 11.7. The number of carbonyl (C=O) groups excluding carboxylic acids is 1. The third-order valence-electron chi connectivity index (χ3n) is 1.83. The Morgan fingerprint density at radius 1 is 1.53 bits per heavy atom. The molecule has 2 N–H and O–H groups in total. The highest BCUT2D eigenvalue weighted by atomic mass is 16.5. The molecule has 0 aliphatic carbocycles. The molecule has 0 saturated carbocycles. The van der Waals surface area contributed by atoms with Gasteiger partial charge in [0.2, 0.25) is 0 Å². The average Bonchev–Trinajstić information content (AvgIpc) is 2.15. The van der Waals surface area contributed by atoms with E-state index in [1.807, 2.05) is 6.92 Å². The topological polar surface area (TPSA) is 67.8 Å². The van der Waals surface area contributed by atoms with Crippen LogP contribution in [0.25, 0.3) is 0 Å². The zero-order valence-corrected chi connectivity index (χ0v) is 9.66. The van der Waals surface area contributed by atoms with Crippen LogP contribution in [0.2, 0.25) is 0 Å². The predicted octanol–water partition coefficient (Wildman–Crippen LogP) is -0.0750. The van der Waals surface area contributed by atoms with Crippen LogP contribution >= 0.6 is 0 Å². The summed E-state index contributed by atoms with van der Waals surface area (Å²) in [5.41, 5.74) is 0. The smallest absolute Gasteiger partial charge is 0.308 e. The fourth-order valence-corrected chi connectivity index (χ4v) is 1.13. The lowest BCUT2D eigenvalue weighted by Gasteiger charge is -2.15. The lowest BCUT2D eigenvalue weighted by atomic mass is 10.2. The molecule has 5 nitrogen and oxygen atoms in total. The second-order valence-electron chi connectivity index (χ2n) is 3.43. The van der Waals surface area contributed by atoms with E-state index in [0.717, 1.165) is 0 Å². The van der Waals surface area contributed by atoms with Gasteiger partial charge in [0.25, 0.3) is 0 Å². The molecule has 0 spiro atoms. The van der Waals surface area contributed by atoms with Gasteiger partial charge >= 0.3 is 5.97 Å². The second kappa shape index (κ2) is 8.64. The van der Waals surface area contributed by atoms with E-state index in [9.17, 15) is 9.90 Å². The fraction of sp³-hybridized carbons (Fsp3) is 0.900. The molecular weight excluding hydrogens is 198 g/mol. The van der Waals surface area contributed by atoms with Gasteiger partial charge in [-0.25, -0.2) is 0 Å². The highest BCUT2D eigenvalue weighted by molar-refractivity contribution is 5.69. The summed E-state index contributed by atoms with van der Waals surface area (Å²) in [5, 5.41) is 12.5. The minimum atomic E-state index is -0.705. The van der Waals surface area contributed by atoms with E-state index >= 15 is 0 Å². The van der Waals surface area contributed by atoms with Crippen LogP contribution < -0.4 is 5.32 Å². The van der Waals surface area contributed by atoms with Crippen molar-refractivity contribution >= 4 is 5.97 Å². The molecule has 0 heterocycles. The average molecular weight is 219 g/mol. The van der Waals surface area contributed by atoms with E-state index in [0.29, 0.717) is 19.8 Å². The van der Waals surface area contributed by atoms with Gasteiger partial charge in [-0.15, -0.1) is 0 Å². The molecule has 0 saturated heterocycles. The number of ether oxygens (including phenoxy) is 2. The largest absolute Gasteiger partial charge is 0.466 e. The van der Waals surface area contributed by atoms with E-state index in [-0.39, 0.29) is 18.4 Å². The summed E-state index contributed by atoms with van der Waals surface area (Å²) in [6, 6.07) is 0.159. The quantitative estimate of drug-likeness (QED) is 0.559. The Morgan fingerprint density at radius 2 is 2.20 bits per heavy atom. The Hall–Kier alpha value is -0.650. The van der Waals surface area contributed by atoms with Crippen LogP contribution in [0.1, 0.15) is 20.3 Å². The molecule has 0 radical (unpaired) electrons. The lowest BCUT2D eigenvalue weighted by Crippen LogP contribution is -2.37. The number of esters is 1. The molecule has 0 aromatic heterocycles. The molecule has 90 valence electrons. The maximum Gasteiger partial charge on any atom is 0.308 e. The van der Waals surface area contributed by atoms with E-state index in [2.05, 4.69) is 5.32 Å². The molecule has 0 aromatic carbocycles. The number of nitrogens with one attached hydrogen (secondary N) is 1. The predicted molar refractivity (Wildman–Crippen MR) is 56.6 cm³/mol. The molecule has 0 aliphatic rings. The standard InChI is InChI=1S/C10H21NO4/c1-4-15-10(13)5-9(12)6-11-8(2)7-14-3/h8-9,11-12H,4-7H2,1-3H3. The van der Waals surface area contributed by atoms with Gasteiger partial charge in [-0.05, 0) is 13.8 Å². The van der Waals surface area contributed by atoms with Crippen LogP contribution in [0.4, 0.5) is 0 Å². The Balaban J connectivity index is 3.56. The van der Waals surface area contributed by atoms with Gasteiger partial charge in [-0.3, -0.25) is 4.79 Å². The maximum atomic E-state index is 11.0. The van der Waals surface area contributed by atoms with Crippen molar-refractivity contribution in [3.63, 3.8) is 0 Å². The van der Waals surface area contributed by atoms with E-state index in [1.165, 1.54) is 0 Å². The van der Waals surface area contributed by atoms with Crippen molar-refractivity contribution in [3.8, 4) is 0 Å². The minimum absolute atomic E-state index is 0.0283.